The number of thiophene rings is 1. The van der Waals surface area contributed by atoms with Crippen molar-refractivity contribution < 1.29 is 0 Å². The molecule has 2 heterocycles. The number of hydrogen-bond donors (Lipinski definition) is 1. The van der Waals surface area contributed by atoms with Gasteiger partial charge in [0.1, 0.15) is 4.60 Å². The van der Waals surface area contributed by atoms with E-state index < -0.39 is 0 Å². The maximum atomic E-state index is 4.17. The molecule has 2 aromatic heterocycles. The lowest BCUT2D eigenvalue weighted by atomic mass is 10.2. The van der Waals surface area contributed by atoms with E-state index in [1.807, 2.05) is 12.1 Å². The van der Waals surface area contributed by atoms with E-state index in [4.69, 9.17) is 0 Å². The van der Waals surface area contributed by atoms with Gasteiger partial charge in [-0.15, -0.1) is 11.3 Å². The van der Waals surface area contributed by atoms with Crippen molar-refractivity contribution in [2.45, 2.75) is 13.0 Å². The summed E-state index contributed by atoms with van der Waals surface area (Å²) in [7, 11) is 0. The van der Waals surface area contributed by atoms with Gasteiger partial charge in [0.05, 0.1) is 11.7 Å². The van der Waals surface area contributed by atoms with Crippen LogP contribution in [0.15, 0.2) is 40.4 Å². The Morgan fingerprint density at radius 3 is 2.93 bits per heavy atom. The Kier molecular flexibility index (Phi) is 3.38. The second-order valence-corrected chi connectivity index (χ2v) is 4.95. The van der Waals surface area contributed by atoms with Gasteiger partial charge in [-0.25, -0.2) is 4.98 Å². The summed E-state index contributed by atoms with van der Waals surface area (Å²) < 4.78 is 0.855. The summed E-state index contributed by atoms with van der Waals surface area (Å²) in [6, 6.07) is 8.45. The highest BCUT2D eigenvalue weighted by molar-refractivity contribution is 9.10. The standard InChI is InChI=1S/C11H11BrN2S/c1-8(10-5-3-7-15-10)14-9-4-2-6-13-11(9)12/h2-8,14H,1H3. The molecular formula is C11H11BrN2S. The Labute approximate surface area is 101 Å². The molecule has 1 unspecified atom stereocenters. The fraction of sp³-hybridized carbons (Fsp3) is 0.182. The lowest BCUT2D eigenvalue weighted by Gasteiger charge is -2.14. The Balaban J connectivity index is 2.13. The molecule has 0 amide bonds. The smallest absolute Gasteiger partial charge is 0.129 e. The molecule has 0 spiro atoms. The lowest BCUT2D eigenvalue weighted by Crippen LogP contribution is -2.05. The van der Waals surface area contributed by atoms with Gasteiger partial charge in [0.2, 0.25) is 0 Å². The van der Waals surface area contributed by atoms with Crippen LogP contribution in [0.1, 0.15) is 17.8 Å². The van der Waals surface area contributed by atoms with Gasteiger partial charge in [0.15, 0.2) is 0 Å². The van der Waals surface area contributed by atoms with Crippen LogP contribution in [0.5, 0.6) is 0 Å². The van der Waals surface area contributed by atoms with E-state index in [-0.39, 0.29) is 0 Å². The van der Waals surface area contributed by atoms with Crippen LogP contribution < -0.4 is 5.32 Å². The van der Waals surface area contributed by atoms with Crippen molar-refractivity contribution in [3.8, 4) is 0 Å². The first-order valence-electron chi connectivity index (χ1n) is 4.68. The third kappa shape index (κ3) is 2.58. The van der Waals surface area contributed by atoms with Crippen molar-refractivity contribution in [2.24, 2.45) is 0 Å². The first-order chi connectivity index (χ1) is 7.27. The molecule has 0 saturated carbocycles. The maximum Gasteiger partial charge on any atom is 0.129 e. The molecule has 0 radical (unpaired) electrons. The van der Waals surface area contributed by atoms with Gasteiger partial charge in [-0.3, -0.25) is 0 Å². The van der Waals surface area contributed by atoms with Crippen molar-refractivity contribution in [3.05, 3.63) is 45.3 Å². The van der Waals surface area contributed by atoms with Crippen LogP contribution in [-0.2, 0) is 0 Å². The van der Waals surface area contributed by atoms with Gasteiger partial charge < -0.3 is 5.32 Å². The van der Waals surface area contributed by atoms with E-state index in [0.717, 1.165) is 10.3 Å². The highest BCUT2D eigenvalue weighted by Gasteiger charge is 2.07. The van der Waals surface area contributed by atoms with Gasteiger partial charge in [-0.1, -0.05) is 6.07 Å². The van der Waals surface area contributed by atoms with E-state index in [0.29, 0.717) is 6.04 Å². The van der Waals surface area contributed by atoms with Crippen molar-refractivity contribution in [1.82, 2.24) is 4.98 Å². The third-order valence-electron chi connectivity index (χ3n) is 2.10. The molecule has 2 aromatic rings. The van der Waals surface area contributed by atoms with E-state index in [9.17, 15) is 0 Å². The quantitative estimate of drug-likeness (QED) is 0.858. The molecule has 15 heavy (non-hydrogen) atoms. The number of hydrogen-bond acceptors (Lipinski definition) is 3. The average molecular weight is 283 g/mol. The minimum absolute atomic E-state index is 0.311. The monoisotopic (exact) mass is 282 g/mol. The van der Waals surface area contributed by atoms with Crippen LogP contribution in [0.25, 0.3) is 0 Å². The summed E-state index contributed by atoms with van der Waals surface area (Å²) in [5.41, 5.74) is 1.03. The van der Waals surface area contributed by atoms with Gasteiger partial charge in [0.25, 0.3) is 0 Å². The number of anilines is 1. The first-order valence-corrected chi connectivity index (χ1v) is 6.35. The van der Waals surface area contributed by atoms with E-state index in [2.05, 4.69) is 50.7 Å². The second kappa shape index (κ2) is 4.77. The second-order valence-electron chi connectivity index (χ2n) is 3.22. The van der Waals surface area contributed by atoms with E-state index in [1.54, 1.807) is 17.5 Å². The van der Waals surface area contributed by atoms with Crippen molar-refractivity contribution in [3.63, 3.8) is 0 Å². The molecule has 0 fully saturated rings. The average Bonchev–Trinajstić information content (AvgIpc) is 2.74. The molecular weight excluding hydrogens is 272 g/mol. The lowest BCUT2D eigenvalue weighted by molar-refractivity contribution is 0.903. The van der Waals surface area contributed by atoms with Gasteiger partial charge in [-0.2, -0.15) is 0 Å². The van der Waals surface area contributed by atoms with Crippen molar-refractivity contribution in [1.29, 1.82) is 0 Å². The van der Waals surface area contributed by atoms with Crippen LogP contribution in [0.2, 0.25) is 0 Å². The highest BCUT2D eigenvalue weighted by Crippen LogP contribution is 2.26. The number of pyridine rings is 1. The SMILES string of the molecule is CC(Nc1cccnc1Br)c1cccs1. The molecule has 0 aliphatic heterocycles. The molecule has 4 heteroatoms. The topological polar surface area (TPSA) is 24.9 Å². The largest absolute Gasteiger partial charge is 0.376 e. The van der Waals surface area contributed by atoms with E-state index >= 15 is 0 Å². The molecule has 1 N–H and O–H groups in total. The normalized spacial score (nSPS) is 12.4. The number of aromatic nitrogens is 1. The molecule has 0 aliphatic carbocycles. The number of nitrogens with one attached hydrogen (secondary N) is 1. The van der Waals surface area contributed by atoms with Crippen molar-refractivity contribution >= 4 is 33.0 Å². The van der Waals surface area contributed by atoms with Crippen LogP contribution in [0.3, 0.4) is 0 Å². The molecule has 0 aromatic carbocycles. The summed E-state index contributed by atoms with van der Waals surface area (Å²) in [5.74, 6) is 0. The van der Waals surface area contributed by atoms with Gasteiger partial charge >= 0.3 is 0 Å². The van der Waals surface area contributed by atoms with Gasteiger partial charge in [0, 0.05) is 11.1 Å². The predicted octanol–water partition coefficient (Wildman–Crippen LogP) is 4.08. The van der Waals surface area contributed by atoms with Crippen LogP contribution in [0, 0.1) is 0 Å². The predicted molar refractivity (Wildman–Crippen MR) is 68.3 cm³/mol. The Morgan fingerprint density at radius 1 is 1.40 bits per heavy atom. The molecule has 2 rings (SSSR count). The Hall–Kier alpha value is -0.870. The first kappa shape index (κ1) is 10.6. The fourth-order valence-electron chi connectivity index (χ4n) is 1.34. The third-order valence-corrected chi connectivity index (χ3v) is 3.79. The minimum atomic E-state index is 0.311. The molecule has 2 nitrogen and oxygen atoms in total. The fourth-order valence-corrected chi connectivity index (χ4v) is 2.44. The summed E-state index contributed by atoms with van der Waals surface area (Å²) in [5, 5.41) is 5.50. The summed E-state index contributed by atoms with van der Waals surface area (Å²) in [6.07, 6.45) is 1.77. The zero-order valence-corrected chi connectivity index (χ0v) is 10.7. The van der Waals surface area contributed by atoms with E-state index in [1.165, 1.54) is 4.88 Å². The summed E-state index contributed by atoms with van der Waals surface area (Å²) in [6.45, 7) is 2.14. The van der Waals surface area contributed by atoms with Crippen LogP contribution in [-0.4, -0.2) is 4.98 Å². The minimum Gasteiger partial charge on any atom is -0.376 e. The Morgan fingerprint density at radius 2 is 2.27 bits per heavy atom. The van der Waals surface area contributed by atoms with Crippen molar-refractivity contribution in [2.75, 3.05) is 5.32 Å². The van der Waals surface area contributed by atoms with Crippen LogP contribution in [0.4, 0.5) is 5.69 Å². The van der Waals surface area contributed by atoms with Gasteiger partial charge in [-0.05, 0) is 46.4 Å². The Bertz CT molecular complexity index is 428. The summed E-state index contributed by atoms with van der Waals surface area (Å²) in [4.78, 5) is 5.50. The zero-order chi connectivity index (χ0) is 10.7. The summed E-state index contributed by atoms with van der Waals surface area (Å²) >= 11 is 5.18. The molecule has 0 aliphatic rings. The highest BCUT2D eigenvalue weighted by atomic mass is 79.9. The van der Waals surface area contributed by atoms with Crippen LogP contribution >= 0.6 is 27.3 Å². The number of nitrogens with zero attached hydrogens (tertiary/aromatic N) is 1. The molecule has 0 saturated heterocycles. The maximum absolute atomic E-state index is 4.17. The number of halogens is 1. The molecule has 78 valence electrons. The zero-order valence-electron chi connectivity index (χ0n) is 8.27. The molecule has 1 atom stereocenters. The number of rotatable bonds is 3. The molecule has 0 bridgehead atoms.